The third-order valence-electron chi connectivity index (χ3n) is 4.81. The van der Waals surface area contributed by atoms with Crippen LogP contribution in [0, 0.1) is 5.92 Å². The molecule has 1 aliphatic carbocycles. The van der Waals surface area contributed by atoms with E-state index in [1.165, 1.54) is 57.8 Å². The van der Waals surface area contributed by atoms with Gasteiger partial charge in [0.15, 0.2) is 0 Å². The van der Waals surface area contributed by atoms with Gasteiger partial charge in [0.05, 0.1) is 26.1 Å². The molecule has 0 radical (unpaired) electrons. The smallest absolute Gasteiger partial charge is 0.306 e. The highest BCUT2D eigenvalue weighted by atomic mass is 16.5. The minimum absolute atomic E-state index is 0.137. The SMILES string of the molecule is CCCCCCCCOC(=O)CCC(=O)OCCC1CCCCC1. The first-order valence-electron chi connectivity index (χ1n) is 10.0. The van der Waals surface area contributed by atoms with Crippen LogP contribution in [0.3, 0.4) is 0 Å². The van der Waals surface area contributed by atoms with E-state index in [2.05, 4.69) is 6.92 Å². The Labute approximate surface area is 147 Å². The third kappa shape index (κ3) is 11.5. The monoisotopic (exact) mass is 340 g/mol. The molecule has 1 fully saturated rings. The van der Waals surface area contributed by atoms with Crippen LogP contribution in [-0.4, -0.2) is 25.2 Å². The van der Waals surface area contributed by atoms with Crippen molar-refractivity contribution in [1.82, 2.24) is 0 Å². The molecule has 0 amide bonds. The second kappa shape index (κ2) is 14.3. The summed E-state index contributed by atoms with van der Waals surface area (Å²) in [7, 11) is 0. The summed E-state index contributed by atoms with van der Waals surface area (Å²) in [6.45, 7) is 3.17. The molecule has 4 heteroatoms. The Balaban J connectivity index is 1.90. The lowest BCUT2D eigenvalue weighted by atomic mass is 9.87. The molecule has 4 nitrogen and oxygen atoms in total. The maximum atomic E-state index is 11.6. The number of hydrogen-bond donors (Lipinski definition) is 0. The van der Waals surface area contributed by atoms with Crippen molar-refractivity contribution in [1.29, 1.82) is 0 Å². The van der Waals surface area contributed by atoms with E-state index in [-0.39, 0.29) is 24.8 Å². The summed E-state index contributed by atoms with van der Waals surface area (Å²) in [6.07, 6.45) is 14.8. The second-order valence-electron chi connectivity index (χ2n) is 7.00. The maximum Gasteiger partial charge on any atom is 0.306 e. The standard InChI is InChI=1S/C20H36O4/c1-2-3-4-5-6-10-16-23-19(21)13-14-20(22)24-17-15-18-11-8-7-9-12-18/h18H,2-17H2,1H3. The molecule has 0 aromatic carbocycles. The van der Waals surface area contributed by atoms with E-state index in [4.69, 9.17) is 9.47 Å². The predicted molar refractivity (Wildman–Crippen MR) is 95.7 cm³/mol. The van der Waals surface area contributed by atoms with Gasteiger partial charge >= 0.3 is 11.9 Å². The number of esters is 2. The number of ether oxygens (including phenoxy) is 2. The van der Waals surface area contributed by atoms with E-state index >= 15 is 0 Å². The van der Waals surface area contributed by atoms with Crippen molar-refractivity contribution in [2.24, 2.45) is 5.92 Å². The minimum atomic E-state index is -0.284. The zero-order valence-corrected chi connectivity index (χ0v) is 15.5. The van der Waals surface area contributed by atoms with Crippen LogP contribution < -0.4 is 0 Å². The van der Waals surface area contributed by atoms with Crippen LogP contribution in [0.5, 0.6) is 0 Å². The fraction of sp³-hybridized carbons (Fsp3) is 0.900. The lowest BCUT2D eigenvalue weighted by Crippen LogP contribution is -2.14. The molecule has 0 heterocycles. The maximum absolute atomic E-state index is 11.6. The molecule has 0 aromatic rings. The van der Waals surface area contributed by atoms with Crippen molar-refractivity contribution >= 4 is 11.9 Å². The molecule has 0 atom stereocenters. The molecule has 0 bridgehead atoms. The Kier molecular flexibility index (Phi) is 12.5. The van der Waals surface area contributed by atoms with E-state index in [0.717, 1.165) is 19.3 Å². The number of rotatable bonds is 13. The molecular weight excluding hydrogens is 304 g/mol. The molecule has 0 spiro atoms. The van der Waals surface area contributed by atoms with Gasteiger partial charge in [0, 0.05) is 0 Å². The first kappa shape index (κ1) is 21.0. The largest absolute Gasteiger partial charge is 0.466 e. The van der Waals surface area contributed by atoms with E-state index < -0.39 is 0 Å². The van der Waals surface area contributed by atoms with Gasteiger partial charge in [-0.1, -0.05) is 71.1 Å². The van der Waals surface area contributed by atoms with Gasteiger partial charge in [0.25, 0.3) is 0 Å². The van der Waals surface area contributed by atoms with Crippen molar-refractivity contribution in [2.75, 3.05) is 13.2 Å². The molecule has 1 rings (SSSR count). The summed E-state index contributed by atoms with van der Waals surface area (Å²) < 4.78 is 10.4. The van der Waals surface area contributed by atoms with Gasteiger partial charge < -0.3 is 9.47 Å². The Morgan fingerprint density at radius 2 is 1.38 bits per heavy atom. The second-order valence-corrected chi connectivity index (χ2v) is 7.00. The van der Waals surface area contributed by atoms with E-state index in [0.29, 0.717) is 19.1 Å². The average Bonchev–Trinajstić information content (AvgIpc) is 2.60. The van der Waals surface area contributed by atoms with Crippen molar-refractivity contribution in [2.45, 2.75) is 96.8 Å². The van der Waals surface area contributed by atoms with Gasteiger partial charge in [-0.3, -0.25) is 9.59 Å². The molecular formula is C20H36O4. The van der Waals surface area contributed by atoms with E-state index in [9.17, 15) is 9.59 Å². The lowest BCUT2D eigenvalue weighted by Gasteiger charge is -2.21. The van der Waals surface area contributed by atoms with Crippen LogP contribution in [0.4, 0.5) is 0 Å². The highest BCUT2D eigenvalue weighted by molar-refractivity contribution is 5.77. The number of carbonyl (C=O) groups is 2. The Morgan fingerprint density at radius 3 is 2.04 bits per heavy atom. The van der Waals surface area contributed by atoms with Gasteiger partial charge in [-0.05, 0) is 18.8 Å². The molecule has 1 saturated carbocycles. The summed E-state index contributed by atoms with van der Waals surface area (Å²) in [5.74, 6) is 0.156. The Bertz CT molecular complexity index is 335. The van der Waals surface area contributed by atoms with Crippen LogP contribution in [0.25, 0.3) is 0 Å². The van der Waals surface area contributed by atoms with Crippen LogP contribution >= 0.6 is 0 Å². The Morgan fingerprint density at radius 1 is 0.792 bits per heavy atom. The van der Waals surface area contributed by atoms with Crippen molar-refractivity contribution in [3.8, 4) is 0 Å². The molecule has 0 aliphatic heterocycles. The topological polar surface area (TPSA) is 52.6 Å². The summed E-state index contributed by atoms with van der Waals surface area (Å²) in [5, 5.41) is 0. The molecule has 24 heavy (non-hydrogen) atoms. The van der Waals surface area contributed by atoms with Gasteiger partial charge in [-0.15, -0.1) is 0 Å². The highest BCUT2D eigenvalue weighted by Gasteiger charge is 2.14. The number of carbonyl (C=O) groups excluding carboxylic acids is 2. The van der Waals surface area contributed by atoms with E-state index in [1.54, 1.807) is 0 Å². The van der Waals surface area contributed by atoms with Crippen LogP contribution in [0.15, 0.2) is 0 Å². The molecule has 0 unspecified atom stereocenters. The lowest BCUT2D eigenvalue weighted by molar-refractivity contribution is -0.150. The highest BCUT2D eigenvalue weighted by Crippen LogP contribution is 2.26. The van der Waals surface area contributed by atoms with Crippen molar-refractivity contribution < 1.29 is 19.1 Å². The van der Waals surface area contributed by atoms with Gasteiger partial charge in [-0.25, -0.2) is 0 Å². The molecule has 0 aromatic heterocycles. The minimum Gasteiger partial charge on any atom is -0.466 e. The summed E-state index contributed by atoms with van der Waals surface area (Å²) in [4.78, 5) is 23.2. The predicted octanol–water partition coefficient (Wildman–Crippen LogP) is 5.18. The van der Waals surface area contributed by atoms with Crippen molar-refractivity contribution in [3.63, 3.8) is 0 Å². The van der Waals surface area contributed by atoms with Crippen LogP contribution in [0.2, 0.25) is 0 Å². The van der Waals surface area contributed by atoms with Crippen LogP contribution in [0.1, 0.15) is 96.8 Å². The zero-order chi connectivity index (χ0) is 17.5. The third-order valence-corrected chi connectivity index (χ3v) is 4.81. The first-order valence-corrected chi connectivity index (χ1v) is 10.0. The van der Waals surface area contributed by atoms with Gasteiger partial charge in [0.1, 0.15) is 0 Å². The normalized spacial score (nSPS) is 15.2. The zero-order valence-electron chi connectivity index (χ0n) is 15.5. The molecule has 0 saturated heterocycles. The fourth-order valence-corrected chi connectivity index (χ4v) is 3.23. The quantitative estimate of drug-likeness (QED) is 0.342. The molecule has 0 N–H and O–H groups in total. The summed E-state index contributed by atoms with van der Waals surface area (Å²) in [6, 6.07) is 0. The van der Waals surface area contributed by atoms with Gasteiger partial charge in [-0.2, -0.15) is 0 Å². The number of hydrogen-bond acceptors (Lipinski definition) is 4. The van der Waals surface area contributed by atoms with Gasteiger partial charge in [0.2, 0.25) is 0 Å². The summed E-state index contributed by atoms with van der Waals surface area (Å²) >= 11 is 0. The van der Waals surface area contributed by atoms with Crippen LogP contribution in [-0.2, 0) is 19.1 Å². The molecule has 140 valence electrons. The first-order chi connectivity index (χ1) is 11.7. The number of unbranched alkanes of at least 4 members (excludes halogenated alkanes) is 5. The summed E-state index contributed by atoms with van der Waals surface area (Å²) in [5.41, 5.74) is 0. The Hall–Kier alpha value is -1.06. The average molecular weight is 341 g/mol. The molecule has 1 aliphatic rings. The van der Waals surface area contributed by atoms with Crippen molar-refractivity contribution in [3.05, 3.63) is 0 Å². The fourth-order valence-electron chi connectivity index (χ4n) is 3.23. The van der Waals surface area contributed by atoms with E-state index in [1.807, 2.05) is 0 Å².